The molecule has 1 aliphatic heterocycles. The van der Waals surface area contributed by atoms with E-state index in [0.29, 0.717) is 0 Å². The third kappa shape index (κ3) is 3.45. The van der Waals surface area contributed by atoms with Crippen LogP contribution in [0, 0.1) is 6.92 Å². The summed E-state index contributed by atoms with van der Waals surface area (Å²) in [6.45, 7) is 5.20. The summed E-state index contributed by atoms with van der Waals surface area (Å²) in [5.74, 6) is 0.135. The Morgan fingerprint density at radius 1 is 1.00 bits per heavy atom. The molecular weight excluding hydrogens is 270 g/mol. The first kappa shape index (κ1) is 15.0. The van der Waals surface area contributed by atoms with Crippen LogP contribution >= 0.6 is 0 Å². The lowest BCUT2D eigenvalue weighted by molar-refractivity contribution is 0.103. The van der Waals surface area contributed by atoms with E-state index in [0.717, 1.165) is 41.9 Å². The molecule has 114 valence electrons. The van der Waals surface area contributed by atoms with Crippen LogP contribution in [0.1, 0.15) is 46.3 Å². The molecule has 1 fully saturated rings. The van der Waals surface area contributed by atoms with E-state index in [1.807, 2.05) is 49.4 Å². The first-order chi connectivity index (χ1) is 10.7. The molecule has 0 atom stereocenters. The van der Waals surface area contributed by atoms with Crippen LogP contribution in [0.4, 0.5) is 0 Å². The fourth-order valence-corrected chi connectivity index (χ4v) is 3.18. The van der Waals surface area contributed by atoms with Crippen molar-refractivity contribution in [2.45, 2.75) is 32.7 Å². The minimum Gasteiger partial charge on any atom is -0.299 e. The number of rotatable bonds is 4. The van der Waals surface area contributed by atoms with Crippen molar-refractivity contribution in [3.63, 3.8) is 0 Å². The highest BCUT2D eigenvalue weighted by atomic mass is 16.1. The average molecular weight is 293 g/mol. The zero-order chi connectivity index (χ0) is 15.4. The summed E-state index contributed by atoms with van der Waals surface area (Å²) in [5.41, 5.74) is 3.90. The van der Waals surface area contributed by atoms with Gasteiger partial charge in [0.05, 0.1) is 0 Å². The van der Waals surface area contributed by atoms with Crippen molar-refractivity contribution in [2.24, 2.45) is 0 Å². The van der Waals surface area contributed by atoms with E-state index in [4.69, 9.17) is 0 Å². The molecule has 3 rings (SSSR count). The molecule has 2 aromatic rings. The summed E-state index contributed by atoms with van der Waals surface area (Å²) in [6.07, 6.45) is 3.88. The van der Waals surface area contributed by atoms with Crippen molar-refractivity contribution >= 4 is 5.78 Å². The van der Waals surface area contributed by atoms with E-state index >= 15 is 0 Å². The molecule has 1 aliphatic rings. The van der Waals surface area contributed by atoms with E-state index in [2.05, 4.69) is 11.0 Å². The number of likely N-dealkylation sites (tertiary alicyclic amines) is 1. The van der Waals surface area contributed by atoms with Crippen molar-refractivity contribution in [2.75, 3.05) is 13.1 Å². The third-order valence-corrected chi connectivity index (χ3v) is 4.38. The van der Waals surface area contributed by atoms with Crippen molar-refractivity contribution in [1.82, 2.24) is 4.90 Å². The molecule has 0 saturated carbocycles. The van der Waals surface area contributed by atoms with Crippen LogP contribution in [0.5, 0.6) is 0 Å². The largest absolute Gasteiger partial charge is 0.299 e. The Balaban J connectivity index is 1.85. The van der Waals surface area contributed by atoms with Gasteiger partial charge in [-0.15, -0.1) is 0 Å². The number of benzene rings is 2. The second-order valence-corrected chi connectivity index (χ2v) is 6.19. The number of carbonyl (C=O) groups is 1. The highest BCUT2D eigenvalue weighted by molar-refractivity contribution is 6.10. The fourth-order valence-electron chi connectivity index (χ4n) is 3.18. The Bertz CT molecular complexity index is 656. The third-order valence-electron chi connectivity index (χ3n) is 4.38. The van der Waals surface area contributed by atoms with Crippen LogP contribution in [0.3, 0.4) is 0 Å². The van der Waals surface area contributed by atoms with Gasteiger partial charge in [-0.2, -0.15) is 0 Å². The summed E-state index contributed by atoms with van der Waals surface area (Å²) in [7, 11) is 0. The van der Waals surface area contributed by atoms with Gasteiger partial charge in [0.1, 0.15) is 0 Å². The van der Waals surface area contributed by atoms with Crippen LogP contribution in [0.2, 0.25) is 0 Å². The summed E-state index contributed by atoms with van der Waals surface area (Å²) < 4.78 is 0. The maximum Gasteiger partial charge on any atom is 0.193 e. The molecule has 0 amide bonds. The van der Waals surface area contributed by atoms with Gasteiger partial charge in [0.25, 0.3) is 0 Å². The molecule has 0 N–H and O–H groups in total. The first-order valence-electron chi connectivity index (χ1n) is 8.16. The maximum atomic E-state index is 12.8. The van der Waals surface area contributed by atoms with E-state index in [-0.39, 0.29) is 5.78 Å². The monoisotopic (exact) mass is 293 g/mol. The summed E-state index contributed by atoms with van der Waals surface area (Å²) >= 11 is 0. The number of piperidine rings is 1. The molecule has 1 saturated heterocycles. The van der Waals surface area contributed by atoms with Crippen LogP contribution in [-0.2, 0) is 6.54 Å². The van der Waals surface area contributed by atoms with Crippen LogP contribution in [0.25, 0.3) is 0 Å². The smallest absolute Gasteiger partial charge is 0.193 e. The zero-order valence-corrected chi connectivity index (χ0v) is 13.2. The number of hydrogen-bond acceptors (Lipinski definition) is 2. The van der Waals surface area contributed by atoms with Gasteiger partial charge in [-0.05, 0) is 44.5 Å². The molecule has 1 heterocycles. The first-order valence-corrected chi connectivity index (χ1v) is 8.16. The predicted octanol–water partition coefficient (Wildman–Crippen LogP) is 4.21. The molecule has 2 heteroatoms. The SMILES string of the molecule is Cc1cccc(C(=O)c2ccccc2CN2CCCCC2)c1. The van der Waals surface area contributed by atoms with Gasteiger partial charge in [-0.3, -0.25) is 9.69 Å². The minimum atomic E-state index is 0.135. The van der Waals surface area contributed by atoms with Gasteiger partial charge in [-0.1, -0.05) is 54.4 Å². The standard InChI is InChI=1S/C20H23NO/c1-16-8-7-10-17(14-16)20(22)19-11-4-3-9-18(19)15-21-12-5-2-6-13-21/h3-4,7-11,14H,2,5-6,12-13,15H2,1H3. The minimum absolute atomic E-state index is 0.135. The van der Waals surface area contributed by atoms with E-state index in [9.17, 15) is 4.79 Å². The van der Waals surface area contributed by atoms with Crippen LogP contribution in [0.15, 0.2) is 48.5 Å². The normalized spacial score (nSPS) is 15.7. The van der Waals surface area contributed by atoms with Gasteiger partial charge in [0.2, 0.25) is 0 Å². The molecule has 2 aromatic carbocycles. The van der Waals surface area contributed by atoms with Gasteiger partial charge in [0, 0.05) is 17.7 Å². The molecule has 0 spiro atoms. The molecule has 0 unspecified atom stereocenters. The lowest BCUT2D eigenvalue weighted by Gasteiger charge is -2.27. The molecule has 0 bridgehead atoms. The Morgan fingerprint density at radius 2 is 1.77 bits per heavy atom. The Morgan fingerprint density at radius 3 is 2.55 bits per heavy atom. The Labute approximate surface area is 132 Å². The number of ketones is 1. The predicted molar refractivity (Wildman–Crippen MR) is 90.2 cm³/mol. The quantitative estimate of drug-likeness (QED) is 0.787. The van der Waals surface area contributed by atoms with E-state index < -0.39 is 0 Å². The number of nitrogens with zero attached hydrogens (tertiary/aromatic N) is 1. The number of hydrogen-bond donors (Lipinski definition) is 0. The summed E-state index contributed by atoms with van der Waals surface area (Å²) in [6, 6.07) is 15.9. The maximum absolute atomic E-state index is 12.8. The molecular formula is C20H23NO. The van der Waals surface area contributed by atoms with E-state index in [1.165, 1.54) is 19.3 Å². The second-order valence-electron chi connectivity index (χ2n) is 6.19. The van der Waals surface area contributed by atoms with Crippen molar-refractivity contribution in [1.29, 1.82) is 0 Å². The topological polar surface area (TPSA) is 20.3 Å². The zero-order valence-electron chi connectivity index (χ0n) is 13.2. The van der Waals surface area contributed by atoms with Crippen LogP contribution in [-0.4, -0.2) is 23.8 Å². The second kappa shape index (κ2) is 6.89. The molecule has 2 nitrogen and oxygen atoms in total. The van der Waals surface area contributed by atoms with Crippen molar-refractivity contribution < 1.29 is 4.79 Å². The molecule has 0 aliphatic carbocycles. The Kier molecular flexibility index (Phi) is 4.69. The summed E-state index contributed by atoms with van der Waals surface area (Å²) in [5, 5.41) is 0. The molecule has 22 heavy (non-hydrogen) atoms. The number of carbonyl (C=O) groups excluding carboxylic acids is 1. The fraction of sp³-hybridized carbons (Fsp3) is 0.350. The highest BCUT2D eigenvalue weighted by Gasteiger charge is 2.16. The van der Waals surface area contributed by atoms with Gasteiger partial charge in [0.15, 0.2) is 5.78 Å². The average Bonchev–Trinajstić information content (AvgIpc) is 2.56. The highest BCUT2D eigenvalue weighted by Crippen LogP contribution is 2.19. The molecule has 0 radical (unpaired) electrons. The van der Waals surface area contributed by atoms with Crippen molar-refractivity contribution in [3.8, 4) is 0 Å². The summed E-state index contributed by atoms with van der Waals surface area (Å²) in [4.78, 5) is 15.3. The lowest BCUT2D eigenvalue weighted by atomic mass is 9.96. The van der Waals surface area contributed by atoms with Crippen molar-refractivity contribution in [3.05, 3.63) is 70.8 Å². The van der Waals surface area contributed by atoms with Gasteiger partial charge in [-0.25, -0.2) is 0 Å². The van der Waals surface area contributed by atoms with E-state index in [1.54, 1.807) is 0 Å². The lowest BCUT2D eigenvalue weighted by Crippen LogP contribution is -2.29. The van der Waals surface area contributed by atoms with Gasteiger partial charge >= 0.3 is 0 Å². The van der Waals surface area contributed by atoms with Gasteiger partial charge < -0.3 is 0 Å². The Hall–Kier alpha value is -1.93. The van der Waals surface area contributed by atoms with Crippen LogP contribution < -0.4 is 0 Å². The number of aryl methyl sites for hydroxylation is 1. The molecule has 0 aromatic heterocycles.